The number of carboxylic acid groups (broad SMARTS) is 1. The number of nitrogens with zero attached hydrogens (tertiary/aromatic N) is 2. The first kappa shape index (κ1) is 10.1. The Balaban J connectivity index is 2.04. The lowest BCUT2D eigenvalue weighted by molar-refractivity contribution is -0.139. The summed E-state index contributed by atoms with van der Waals surface area (Å²) < 4.78 is 0. The second kappa shape index (κ2) is 3.73. The topological polar surface area (TPSA) is 94.7 Å². The third-order valence-corrected chi connectivity index (χ3v) is 3.11. The van der Waals surface area contributed by atoms with E-state index >= 15 is 0 Å². The van der Waals surface area contributed by atoms with Crippen LogP contribution < -0.4 is 0 Å². The van der Waals surface area contributed by atoms with E-state index in [1.165, 1.54) is 0 Å². The van der Waals surface area contributed by atoms with Gasteiger partial charge in [0.2, 0.25) is 0 Å². The molecule has 3 N–H and O–H groups in total. The summed E-state index contributed by atoms with van der Waals surface area (Å²) in [5, 5.41) is 15.8. The Morgan fingerprint density at radius 1 is 1.53 bits per heavy atom. The van der Waals surface area contributed by atoms with Gasteiger partial charge in [-0.25, -0.2) is 4.98 Å². The average Bonchev–Trinajstić information content (AvgIpc) is 2.96. The number of carboxylic acids is 1. The largest absolute Gasteiger partial charge is 0.481 e. The number of hydrogen-bond acceptors (Lipinski definition) is 3. The minimum absolute atomic E-state index is 0.480. The van der Waals surface area contributed by atoms with Crippen LogP contribution in [0.15, 0.2) is 12.3 Å². The molecule has 0 aromatic carbocycles. The highest BCUT2D eigenvalue weighted by molar-refractivity contribution is 5.76. The van der Waals surface area contributed by atoms with Crippen molar-refractivity contribution < 1.29 is 9.90 Å². The predicted octanol–water partition coefficient (Wildman–Crippen LogP) is 1.30. The van der Waals surface area contributed by atoms with Gasteiger partial charge >= 0.3 is 5.97 Å². The van der Waals surface area contributed by atoms with Crippen LogP contribution in [0.2, 0.25) is 0 Å². The van der Waals surface area contributed by atoms with E-state index in [4.69, 9.17) is 5.11 Å². The van der Waals surface area contributed by atoms with Crippen LogP contribution in [0.5, 0.6) is 0 Å². The Labute approximate surface area is 97.1 Å². The summed E-state index contributed by atoms with van der Waals surface area (Å²) in [5.74, 6) is -0.610. The van der Waals surface area contributed by atoms with Crippen molar-refractivity contribution in [2.45, 2.75) is 25.2 Å². The van der Waals surface area contributed by atoms with Crippen molar-refractivity contribution in [3.63, 3.8) is 0 Å². The first-order valence-electron chi connectivity index (χ1n) is 5.57. The highest BCUT2D eigenvalue weighted by Gasteiger charge is 2.29. The van der Waals surface area contributed by atoms with Crippen LogP contribution in [-0.4, -0.2) is 31.2 Å². The van der Waals surface area contributed by atoms with Crippen LogP contribution >= 0.6 is 0 Å². The van der Waals surface area contributed by atoms with E-state index in [0.717, 1.165) is 24.2 Å². The molecule has 1 atom stereocenters. The van der Waals surface area contributed by atoms with E-state index < -0.39 is 11.9 Å². The summed E-state index contributed by atoms with van der Waals surface area (Å²) in [5.41, 5.74) is 2.39. The highest BCUT2D eigenvalue weighted by Crippen LogP contribution is 2.31. The van der Waals surface area contributed by atoms with Crippen LogP contribution in [0.4, 0.5) is 0 Å². The number of rotatable bonds is 2. The molecule has 0 radical (unpaired) electrons. The normalized spacial score (nSPS) is 18.9. The molecule has 0 fully saturated rings. The van der Waals surface area contributed by atoms with E-state index in [1.807, 2.05) is 0 Å². The Bertz CT molecular complexity index is 544. The Kier molecular flexibility index (Phi) is 2.21. The molecule has 88 valence electrons. The maximum atomic E-state index is 11.1. The number of aromatic nitrogens is 4. The van der Waals surface area contributed by atoms with Gasteiger partial charge in [-0.05, 0) is 25.3 Å². The van der Waals surface area contributed by atoms with Crippen LogP contribution in [0.3, 0.4) is 0 Å². The SMILES string of the molecule is O=C(O)C1CCCc2[nH]c(-c3ccn[nH]3)nc21. The van der Waals surface area contributed by atoms with Gasteiger partial charge in [0.05, 0.1) is 5.69 Å². The molecule has 2 aromatic rings. The summed E-state index contributed by atoms with van der Waals surface area (Å²) in [6.45, 7) is 0. The molecule has 0 saturated carbocycles. The number of H-pyrrole nitrogens is 2. The second-order valence-corrected chi connectivity index (χ2v) is 4.20. The fraction of sp³-hybridized carbons (Fsp3) is 0.364. The lowest BCUT2D eigenvalue weighted by atomic mass is 9.90. The Morgan fingerprint density at radius 2 is 2.41 bits per heavy atom. The molecule has 2 heterocycles. The van der Waals surface area contributed by atoms with Gasteiger partial charge in [-0.3, -0.25) is 9.89 Å². The van der Waals surface area contributed by atoms with Crippen molar-refractivity contribution in [2.75, 3.05) is 0 Å². The molecule has 0 spiro atoms. The van der Waals surface area contributed by atoms with E-state index in [-0.39, 0.29) is 0 Å². The fourth-order valence-corrected chi connectivity index (χ4v) is 2.28. The number of aliphatic carboxylic acids is 1. The summed E-state index contributed by atoms with van der Waals surface area (Å²) in [4.78, 5) is 18.7. The first-order chi connectivity index (χ1) is 8.25. The number of imidazole rings is 1. The smallest absolute Gasteiger partial charge is 0.312 e. The van der Waals surface area contributed by atoms with Crippen molar-refractivity contribution in [2.24, 2.45) is 0 Å². The molecule has 6 heteroatoms. The molecule has 0 saturated heterocycles. The quantitative estimate of drug-likeness (QED) is 0.727. The molecule has 0 aliphatic heterocycles. The van der Waals surface area contributed by atoms with Gasteiger partial charge in [0, 0.05) is 11.9 Å². The van der Waals surface area contributed by atoms with Crippen LogP contribution in [0.1, 0.15) is 30.1 Å². The Morgan fingerprint density at radius 3 is 3.12 bits per heavy atom. The minimum atomic E-state index is -0.798. The molecule has 1 unspecified atom stereocenters. The highest BCUT2D eigenvalue weighted by atomic mass is 16.4. The van der Waals surface area contributed by atoms with E-state index in [2.05, 4.69) is 20.2 Å². The van der Waals surface area contributed by atoms with Gasteiger partial charge in [-0.2, -0.15) is 5.10 Å². The molecule has 17 heavy (non-hydrogen) atoms. The molecule has 1 aliphatic rings. The van der Waals surface area contributed by atoms with Crippen molar-refractivity contribution in [3.8, 4) is 11.5 Å². The zero-order chi connectivity index (χ0) is 11.8. The van der Waals surface area contributed by atoms with Gasteiger partial charge in [-0.1, -0.05) is 0 Å². The number of fused-ring (bicyclic) bond motifs is 1. The second-order valence-electron chi connectivity index (χ2n) is 4.20. The Hall–Kier alpha value is -2.11. The number of aryl methyl sites for hydroxylation is 1. The summed E-state index contributed by atoms with van der Waals surface area (Å²) in [6.07, 6.45) is 4.05. The van der Waals surface area contributed by atoms with Gasteiger partial charge in [0.15, 0.2) is 5.82 Å². The van der Waals surface area contributed by atoms with Crippen LogP contribution in [-0.2, 0) is 11.2 Å². The maximum Gasteiger partial charge on any atom is 0.312 e. The summed E-state index contributed by atoms with van der Waals surface area (Å²) in [7, 11) is 0. The van der Waals surface area contributed by atoms with E-state index in [0.29, 0.717) is 17.9 Å². The molecule has 0 bridgehead atoms. The van der Waals surface area contributed by atoms with Gasteiger partial charge < -0.3 is 10.1 Å². The van der Waals surface area contributed by atoms with Gasteiger partial charge in [0.1, 0.15) is 11.6 Å². The zero-order valence-electron chi connectivity index (χ0n) is 9.10. The van der Waals surface area contributed by atoms with Crippen molar-refractivity contribution in [3.05, 3.63) is 23.7 Å². The summed E-state index contributed by atoms with van der Waals surface area (Å²) >= 11 is 0. The predicted molar refractivity (Wildman–Crippen MR) is 59.5 cm³/mol. The van der Waals surface area contributed by atoms with Crippen molar-refractivity contribution in [1.29, 1.82) is 0 Å². The first-order valence-corrected chi connectivity index (χ1v) is 5.57. The summed E-state index contributed by atoms with van der Waals surface area (Å²) in [6, 6.07) is 1.81. The molecular weight excluding hydrogens is 220 g/mol. The number of nitrogens with one attached hydrogen (secondary N) is 2. The van der Waals surface area contributed by atoms with E-state index in [9.17, 15) is 4.79 Å². The minimum Gasteiger partial charge on any atom is -0.481 e. The lowest BCUT2D eigenvalue weighted by Gasteiger charge is -2.16. The van der Waals surface area contributed by atoms with Crippen LogP contribution in [0, 0.1) is 0 Å². The van der Waals surface area contributed by atoms with E-state index in [1.54, 1.807) is 12.3 Å². The molecule has 3 rings (SSSR count). The number of hydrogen-bond donors (Lipinski definition) is 3. The van der Waals surface area contributed by atoms with Gasteiger partial charge in [0.25, 0.3) is 0 Å². The van der Waals surface area contributed by atoms with Gasteiger partial charge in [-0.15, -0.1) is 0 Å². The van der Waals surface area contributed by atoms with Crippen molar-refractivity contribution in [1.82, 2.24) is 20.2 Å². The molecular formula is C11H12N4O2. The molecule has 2 aromatic heterocycles. The number of carbonyl (C=O) groups is 1. The maximum absolute atomic E-state index is 11.1. The fourth-order valence-electron chi connectivity index (χ4n) is 2.28. The average molecular weight is 232 g/mol. The molecule has 1 aliphatic carbocycles. The monoisotopic (exact) mass is 232 g/mol. The van der Waals surface area contributed by atoms with Crippen LogP contribution in [0.25, 0.3) is 11.5 Å². The lowest BCUT2D eigenvalue weighted by Crippen LogP contribution is -2.17. The third kappa shape index (κ3) is 1.61. The van der Waals surface area contributed by atoms with Crippen molar-refractivity contribution >= 4 is 5.97 Å². The zero-order valence-corrected chi connectivity index (χ0v) is 9.10. The molecule has 6 nitrogen and oxygen atoms in total. The third-order valence-electron chi connectivity index (χ3n) is 3.11. The molecule has 0 amide bonds. The standard InChI is InChI=1S/C11H12N4O2/c16-11(17)6-2-1-3-7-9(6)14-10(13-7)8-4-5-12-15-8/h4-6H,1-3H2,(H,12,15)(H,13,14)(H,16,17). The number of aromatic amines is 2.